The molecule has 0 spiro atoms. The van der Waals surface area contributed by atoms with Crippen LogP contribution in [-0.4, -0.2) is 29.8 Å². The van der Waals surface area contributed by atoms with Gasteiger partial charge in [-0.25, -0.2) is 0 Å². The molecule has 2 atom stereocenters. The molecule has 0 amide bonds. The zero-order valence-corrected chi connectivity index (χ0v) is 11.2. The third-order valence-electron chi connectivity index (χ3n) is 3.15. The van der Waals surface area contributed by atoms with Crippen molar-refractivity contribution in [3.63, 3.8) is 0 Å². The zero-order chi connectivity index (χ0) is 11.0. The largest absolute Gasteiger partial charge is 0.301 e. The molecule has 2 unspecified atom stereocenters. The van der Waals surface area contributed by atoms with Crippen LogP contribution in [0.1, 0.15) is 47.0 Å². The highest BCUT2D eigenvalue weighted by molar-refractivity contribution is 7.80. The smallest absolute Gasteiger partial charge is 0.00641 e. The summed E-state index contributed by atoms with van der Waals surface area (Å²) < 4.78 is 0. The van der Waals surface area contributed by atoms with Crippen LogP contribution in [-0.2, 0) is 0 Å². The molecule has 1 nitrogen and oxygen atoms in total. The number of hydrogen-bond donors (Lipinski definition) is 1. The van der Waals surface area contributed by atoms with E-state index in [4.69, 9.17) is 0 Å². The third kappa shape index (κ3) is 5.92. The van der Waals surface area contributed by atoms with Gasteiger partial charge in [0.15, 0.2) is 0 Å². The average molecular weight is 217 g/mol. The molecular weight excluding hydrogens is 190 g/mol. The lowest BCUT2D eigenvalue weighted by Gasteiger charge is -2.28. The van der Waals surface area contributed by atoms with Crippen LogP contribution in [0.3, 0.4) is 0 Å². The summed E-state index contributed by atoms with van der Waals surface area (Å²) in [6.45, 7) is 11.6. The Morgan fingerprint density at radius 2 is 1.79 bits per heavy atom. The maximum atomic E-state index is 4.27. The summed E-state index contributed by atoms with van der Waals surface area (Å²) >= 11 is 4.27. The molecule has 86 valence electrons. The Bertz CT molecular complexity index is 127. The minimum absolute atomic E-state index is 0.739. The molecule has 0 aliphatic rings. The fourth-order valence-electron chi connectivity index (χ4n) is 1.70. The molecular formula is C12H27NS. The fourth-order valence-corrected chi connectivity index (χ4v) is 2.14. The number of hydrogen-bond acceptors (Lipinski definition) is 2. The highest BCUT2D eigenvalue weighted by atomic mass is 32.1. The predicted octanol–water partition coefficient (Wildman–Crippen LogP) is 3.45. The maximum Gasteiger partial charge on any atom is 0.00641 e. The van der Waals surface area contributed by atoms with Crippen molar-refractivity contribution in [2.75, 3.05) is 18.8 Å². The standard InChI is InChI=1S/C12H27NS/c1-5-12(4)13(6-2)9-7-11(3)8-10-14/h11-12,14H,5-10H2,1-4H3. The van der Waals surface area contributed by atoms with Gasteiger partial charge in [-0.2, -0.15) is 12.6 Å². The summed E-state index contributed by atoms with van der Waals surface area (Å²) in [7, 11) is 0. The molecule has 0 bridgehead atoms. The quantitative estimate of drug-likeness (QED) is 0.610. The van der Waals surface area contributed by atoms with Crippen molar-refractivity contribution in [3.05, 3.63) is 0 Å². The van der Waals surface area contributed by atoms with Crippen molar-refractivity contribution in [1.29, 1.82) is 0 Å². The maximum absolute atomic E-state index is 4.27. The molecule has 0 saturated heterocycles. The summed E-state index contributed by atoms with van der Waals surface area (Å²) in [5.41, 5.74) is 0. The molecule has 0 aliphatic carbocycles. The van der Waals surface area contributed by atoms with Crippen molar-refractivity contribution in [3.8, 4) is 0 Å². The molecule has 0 radical (unpaired) electrons. The van der Waals surface area contributed by atoms with Gasteiger partial charge >= 0.3 is 0 Å². The average Bonchev–Trinajstić information content (AvgIpc) is 2.18. The van der Waals surface area contributed by atoms with Gasteiger partial charge in [0.1, 0.15) is 0 Å². The van der Waals surface area contributed by atoms with Crippen molar-refractivity contribution < 1.29 is 0 Å². The van der Waals surface area contributed by atoms with E-state index in [9.17, 15) is 0 Å². The second-order valence-electron chi connectivity index (χ2n) is 4.29. The van der Waals surface area contributed by atoms with Crippen molar-refractivity contribution >= 4 is 12.6 Å². The number of thiol groups is 1. The second kappa shape index (κ2) is 8.60. The zero-order valence-electron chi connectivity index (χ0n) is 10.3. The van der Waals surface area contributed by atoms with E-state index in [1.807, 2.05) is 0 Å². The van der Waals surface area contributed by atoms with E-state index < -0.39 is 0 Å². The Morgan fingerprint density at radius 3 is 2.21 bits per heavy atom. The number of rotatable bonds is 8. The highest BCUT2D eigenvalue weighted by Crippen LogP contribution is 2.11. The van der Waals surface area contributed by atoms with Crippen LogP contribution in [0.15, 0.2) is 0 Å². The van der Waals surface area contributed by atoms with Crippen LogP contribution >= 0.6 is 12.6 Å². The van der Waals surface area contributed by atoms with Crippen LogP contribution in [0.25, 0.3) is 0 Å². The lowest BCUT2D eigenvalue weighted by molar-refractivity contribution is 0.201. The summed E-state index contributed by atoms with van der Waals surface area (Å²) in [6.07, 6.45) is 3.83. The van der Waals surface area contributed by atoms with E-state index in [2.05, 4.69) is 45.2 Å². The summed E-state index contributed by atoms with van der Waals surface area (Å²) in [5, 5.41) is 0. The Labute approximate surface area is 95.7 Å². The molecule has 0 fully saturated rings. The molecule has 0 rings (SSSR count). The first kappa shape index (κ1) is 14.3. The first-order valence-corrected chi connectivity index (χ1v) is 6.63. The van der Waals surface area contributed by atoms with Crippen LogP contribution in [0.2, 0.25) is 0 Å². The topological polar surface area (TPSA) is 3.24 Å². The first-order chi connectivity index (χ1) is 6.65. The van der Waals surface area contributed by atoms with Crippen molar-refractivity contribution in [2.45, 2.75) is 53.0 Å². The van der Waals surface area contributed by atoms with Crippen LogP contribution in [0.5, 0.6) is 0 Å². The van der Waals surface area contributed by atoms with Gasteiger partial charge in [-0.15, -0.1) is 0 Å². The van der Waals surface area contributed by atoms with Gasteiger partial charge in [0.25, 0.3) is 0 Å². The molecule has 0 aromatic rings. The second-order valence-corrected chi connectivity index (χ2v) is 4.74. The van der Waals surface area contributed by atoms with E-state index in [1.165, 1.54) is 32.4 Å². The Kier molecular flexibility index (Phi) is 8.80. The molecule has 0 aromatic heterocycles. The molecule has 0 N–H and O–H groups in total. The molecule has 0 aliphatic heterocycles. The molecule has 0 aromatic carbocycles. The summed E-state index contributed by atoms with van der Waals surface area (Å²) in [5.74, 6) is 1.85. The first-order valence-electron chi connectivity index (χ1n) is 6.00. The van der Waals surface area contributed by atoms with Crippen LogP contribution in [0, 0.1) is 5.92 Å². The SMILES string of the molecule is CCC(C)N(CC)CCC(C)CCS. The van der Waals surface area contributed by atoms with Crippen molar-refractivity contribution in [1.82, 2.24) is 4.90 Å². The van der Waals surface area contributed by atoms with Gasteiger partial charge < -0.3 is 4.90 Å². The normalized spacial score (nSPS) is 15.9. The van der Waals surface area contributed by atoms with E-state index in [-0.39, 0.29) is 0 Å². The Morgan fingerprint density at radius 1 is 1.14 bits per heavy atom. The van der Waals surface area contributed by atoms with E-state index in [0.717, 1.165) is 17.7 Å². The third-order valence-corrected chi connectivity index (χ3v) is 3.41. The van der Waals surface area contributed by atoms with Gasteiger partial charge in [0.05, 0.1) is 0 Å². The molecule has 0 heterocycles. The van der Waals surface area contributed by atoms with E-state index in [1.54, 1.807) is 0 Å². The van der Waals surface area contributed by atoms with E-state index in [0.29, 0.717) is 0 Å². The lowest BCUT2D eigenvalue weighted by Crippen LogP contribution is -2.34. The minimum atomic E-state index is 0.739. The summed E-state index contributed by atoms with van der Waals surface area (Å²) in [4.78, 5) is 2.58. The molecule has 14 heavy (non-hydrogen) atoms. The monoisotopic (exact) mass is 217 g/mol. The Hall–Kier alpha value is 0.310. The summed E-state index contributed by atoms with van der Waals surface area (Å²) in [6, 6.07) is 0.739. The predicted molar refractivity (Wildman–Crippen MR) is 69.3 cm³/mol. The van der Waals surface area contributed by atoms with Crippen LogP contribution < -0.4 is 0 Å². The molecule has 0 saturated carbocycles. The van der Waals surface area contributed by atoms with Gasteiger partial charge in [0, 0.05) is 6.04 Å². The number of nitrogens with zero attached hydrogens (tertiary/aromatic N) is 1. The van der Waals surface area contributed by atoms with E-state index >= 15 is 0 Å². The highest BCUT2D eigenvalue weighted by Gasteiger charge is 2.10. The van der Waals surface area contributed by atoms with Gasteiger partial charge in [-0.05, 0) is 50.9 Å². The van der Waals surface area contributed by atoms with Gasteiger partial charge in [-0.1, -0.05) is 20.8 Å². The van der Waals surface area contributed by atoms with Gasteiger partial charge in [0.2, 0.25) is 0 Å². The lowest BCUT2D eigenvalue weighted by atomic mass is 10.0. The Balaban J connectivity index is 3.71. The fraction of sp³-hybridized carbons (Fsp3) is 1.00. The minimum Gasteiger partial charge on any atom is -0.301 e. The molecule has 2 heteroatoms. The van der Waals surface area contributed by atoms with Crippen LogP contribution in [0.4, 0.5) is 0 Å². The van der Waals surface area contributed by atoms with Gasteiger partial charge in [-0.3, -0.25) is 0 Å². The van der Waals surface area contributed by atoms with Crippen molar-refractivity contribution in [2.24, 2.45) is 5.92 Å².